The number of amides is 1. The molecule has 2 rings (SSSR count). The van der Waals surface area contributed by atoms with Crippen LogP contribution >= 0.6 is 11.6 Å². The molecule has 0 aromatic heterocycles. The van der Waals surface area contributed by atoms with E-state index in [1.54, 1.807) is 0 Å². The molecule has 2 saturated carbocycles. The number of alkyl halides is 1. The van der Waals surface area contributed by atoms with Gasteiger partial charge in [-0.3, -0.25) is 4.79 Å². The van der Waals surface area contributed by atoms with Crippen molar-refractivity contribution in [2.45, 2.75) is 50.9 Å². The molecule has 1 N–H and O–H groups in total. The Bertz CT molecular complexity index is 242. The van der Waals surface area contributed by atoms with Crippen LogP contribution in [0.25, 0.3) is 0 Å². The third-order valence-corrected chi connectivity index (χ3v) is 4.40. The van der Waals surface area contributed by atoms with Gasteiger partial charge in [0.05, 0.1) is 5.38 Å². The Kier molecular flexibility index (Phi) is 3.24. The lowest BCUT2D eigenvalue weighted by molar-refractivity contribution is -0.123. The minimum absolute atomic E-state index is 0.00901. The molecule has 1 amide bonds. The third kappa shape index (κ3) is 2.30. The minimum atomic E-state index is 0.00901. The van der Waals surface area contributed by atoms with Crippen LogP contribution in [0.1, 0.15) is 39.5 Å². The molecule has 0 spiro atoms. The SMILES string of the molecule is CC(Cl)C(C)NC(=O)C1C2CCCCC21. The van der Waals surface area contributed by atoms with Crippen LogP contribution in [0.5, 0.6) is 0 Å². The molecule has 2 fully saturated rings. The first-order valence-corrected chi connectivity index (χ1v) is 6.49. The van der Waals surface area contributed by atoms with Crippen LogP contribution in [0.15, 0.2) is 0 Å². The summed E-state index contributed by atoms with van der Waals surface area (Å²) in [6, 6.07) is 0.0850. The predicted octanol–water partition coefficient (Wildman–Crippen LogP) is 2.55. The highest BCUT2D eigenvalue weighted by Gasteiger charge is 2.54. The summed E-state index contributed by atoms with van der Waals surface area (Å²) in [5, 5.41) is 3.04. The first-order valence-electron chi connectivity index (χ1n) is 6.05. The molecule has 0 aliphatic heterocycles. The van der Waals surface area contributed by atoms with Gasteiger partial charge in [0.2, 0.25) is 5.91 Å². The molecule has 0 aromatic rings. The molecular weight excluding hydrogens is 210 g/mol. The number of carbonyl (C=O) groups excluding carboxylic acids is 1. The molecule has 2 nitrogen and oxygen atoms in total. The Morgan fingerprint density at radius 1 is 1.27 bits per heavy atom. The summed E-state index contributed by atoms with van der Waals surface area (Å²) < 4.78 is 0. The van der Waals surface area contributed by atoms with Crippen molar-refractivity contribution in [2.75, 3.05) is 0 Å². The van der Waals surface area contributed by atoms with Gasteiger partial charge in [-0.2, -0.15) is 0 Å². The average Bonchev–Trinajstić information content (AvgIpc) is 2.91. The van der Waals surface area contributed by atoms with Crippen molar-refractivity contribution in [3.63, 3.8) is 0 Å². The number of rotatable bonds is 3. The molecule has 0 saturated heterocycles. The Labute approximate surface area is 96.8 Å². The Morgan fingerprint density at radius 3 is 2.27 bits per heavy atom. The van der Waals surface area contributed by atoms with E-state index in [-0.39, 0.29) is 17.3 Å². The number of hydrogen-bond acceptors (Lipinski definition) is 1. The van der Waals surface area contributed by atoms with E-state index in [0.717, 1.165) is 0 Å². The van der Waals surface area contributed by atoms with Gasteiger partial charge in [0.1, 0.15) is 0 Å². The van der Waals surface area contributed by atoms with Gasteiger partial charge in [0.25, 0.3) is 0 Å². The van der Waals surface area contributed by atoms with Gasteiger partial charge in [-0.1, -0.05) is 12.8 Å². The Balaban J connectivity index is 1.82. The maximum absolute atomic E-state index is 11.9. The largest absolute Gasteiger partial charge is 0.352 e. The lowest BCUT2D eigenvalue weighted by Crippen LogP contribution is -2.39. The van der Waals surface area contributed by atoms with Crippen LogP contribution in [0, 0.1) is 17.8 Å². The van der Waals surface area contributed by atoms with Crippen LogP contribution in [-0.4, -0.2) is 17.3 Å². The summed E-state index contributed by atoms with van der Waals surface area (Å²) in [7, 11) is 0. The molecular formula is C12H20ClNO. The third-order valence-electron chi connectivity index (χ3n) is 4.02. The van der Waals surface area contributed by atoms with E-state index in [9.17, 15) is 4.79 Å². The van der Waals surface area contributed by atoms with Crippen LogP contribution in [0.4, 0.5) is 0 Å². The van der Waals surface area contributed by atoms with E-state index in [0.29, 0.717) is 17.8 Å². The number of nitrogens with one attached hydrogen (secondary N) is 1. The highest BCUT2D eigenvalue weighted by molar-refractivity contribution is 6.20. The van der Waals surface area contributed by atoms with Crippen LogP contribution in [0.3, 0.4) is 0 Å². The molecule has 15 heavy (non-hydrogen) atoms. The molecule has 0 heterocycles. The van der Waals surface area contributed by atoms with E-state index in [2.05, 4.69) is 5.32 Å². The van der Waals surface area contributed by atoms with Gasteiger partial charge in [-0.05, 0) is 38.5 Å². The highest BCUT2D eigenvalue weighted by atomic mass is 35.5. The van der Waals surface area contributed by atoms with Crippen molar-refractivity contribution in [1.82, 2.24) is 5.32 Å². The maximum atomic E-state index is 11.9. The van der Waals surface area contributed by atoms with Gasteiger partial charge in [0.15, 0.2) is 0 Å². The van der Waals surface area contributed by atoms with Crippen LogP contribution < -0.4 is 5.32 Å². The van der Waals surface area contributed by atoms with Crippen molar-refractivity contribution in [3.8, 4) is 0 Å². The molecule has 86 valence electrons. The Morgan fingerprint density at radius 2 is 1.80 bits per heavy atom. The molecule has 0 aromatic carbocycles. The van der Waals surface area contributed by atoms with E-state index in [1.165, 1.54) is 25.7 Å². The molecule has 2 aliphatic carbocycles. The molecule has 4 atom stereocenters. The first kappa shape index (κ1) is 11.3. The summed E-state index contributed by atoms with van der Waals surface area (Å²) in [5.41, 5.74) is 0. The zero-order valence-electron chi connectivity index (χ0n) is 9.50. The van der Waals surface area contributed by atoms with Crippen molar-refractivity contribution in [2.24, 2.45) is 17.8 Å². The zero-order chi connectivity index (χ0) is 11.0. The van der Waals surface area contributed by atoms with Gasteiger partial charge >= 0.3 is 0 Å². The summed E-state index contributed by atoms with van der Waals surface area (Å²) in [4.78, 5) is 11.9. The van der Waals surface area contributed by atoms with Crippen molar-refractivity contribution in [1.29, 1.82) is 0 Å². The maximum Gasteiger partial charge on any atom is 0.223 e. The quantitative estimate of drug-likeness (QED) is 0.741. The number of hydrogen-bond donors (Lipinski definition) is 1. The van der Waals surface area contributed by atoms with Gasteiger partial charge in [0, 0.05) is 12.0 Å². The normalized spacial score (nSPS) is 37.7. The second-order valence-corrected chi connectivity index (χ2v) is 5.80. The molecule has 0 radical (unpaired) electrons. The first-order chi connectivity index (χ1) is 7.11. The Hall–Kier alpha value is -0.240. The topological polar surface area (TPSA) is 29.1 Å². The lowest BCUT2D eigenvalue weighted by atomic mass is 10.0. The molecule has 4 unspecified atom stereocenters. The fourth-order valence-electron chi connectivity index (χ4n) is 2.82. The predicted molar refractivity (Wildman–Crippen MR) is 61.9 cm³/mol. The molecule has 3 heteroatoms. The van der Waals surface area contributed by atoms with E-state index in [1.807, 2.05) is 13.8 Å². The molecule has 2 aliphatic rings. The fraction of sp³-hybridized carbons (Fsp3) is 0.917. The van der Waals surface area contributed by atoms with Gasteiger partial charge < -0.3 is 5.32 Å². The number of halogens is 1. The van der Waals surface area contributed by atoms with E-state index < -0.39 is 0 Å². The second-order valence-electron chi connectivity index (χ2n) is 5.11. The van der Waals surface area contributed by atoms with E-state index in [4.69, 9.17) is 11.6 Å². The average molecular weight is 230 g/mol. The highest BCUT2D eigenvalue weighted by Crippen LogP contribution is 2.55. The summed E-state index contributed by atoms with van der Waals surface area (Å²) >= 11 is 5.94. The number of carbonyl (C=O) groups is 1. The summed E-state index contributed by atoms with van der Waals surface area (Å²) in [5.74, 6) is 1.94. The summed E-state index contributed by atoms with van der Waals surface area (Å²) in [6.45, 7) is 3.90. The van der Waals surface area contributed by atoms with Crippen molar-refractivity contribution >= 4 is 17.5 Å². The summed E-state index contributed by atoms with van der Waals surface area (Å²) in [6.07, 6.45) is 5.14. The smallest absolute Gasteiger partial charge is 0.223 e. The standard InChI is InChI=1S/C12H20ClNO/c1-7(13)8(2)14-12(15)11-9-5-3-4-6-10(9)11/h7-11H,3-6H2,1-2H3,(H,14,15). The van der Waals surface area contributed by atoms with Crippen LogP contribution in [0.2, 0.25) is 0 Å². The lowest BCUT2D eigenvalue weighted by Gasteiger charge is -2.15. The van der Waals surface area contributed by atoms with E-state index >= 15 is 0 Å². The van der Waals surface area contributed by atoms with Crippen molar-refractivity contribution < 1.29 is 4.79 Å². The second kappa shape index (κ2) is 4.32. The monoisotopic (exact) mass is 229 g/mol. The van der Waals surface area contributed by atoms with Crippen molar-refractivity contribution in [3.05, 3.63) is 0 Å². The van der Waals surface area contributed by atoms with Gasteiger partial charge in [-0.15, -0.1) is 11.6 Å². The number of fused-ring (bicyclic) bond motifs is 1. The molecule has 0 bridgehead atoms. The fourth-order valence-corrected chi connectivity index (χ4v) is 2.88. The minimum Gasteiger partial charge on any atom is -0.352 e. The zero-order valence-corrected chi connectivity index (χ0v) is 10.3. The van der Waals surface area contributed by atoms with Gasteiger partial charge in [-0.25, -0.2) is 0 Å². The van der Waals surface area contributed by atoms with Crippen LogP contribution in [-0.2, 0) is 4.79 Å².